The molecular weight excluding hydrogens is 1160 g/mol. The third-order valence-electron chi connectivity index (χ3n) is 22.5. The van der Waals surface area contributed by atoms with Crippen molar-refractivity contribution in [2.24, 2.45) is 63.2 Å². The molecule has 4 aliphatic heterocycles. The van der Waals surface area contributed by atoms with Gasteiger partial charge in [-0.05, 0) is 132 Å². The Hall–Kier alpha value is -6.29. The highest BCUT2D eigenvalue weighted by atomic mass is 16.7. The van der Waals surface area contributed by atoms with E-state index in [2.05, 4.69) is 102 Å². The van der Waals surface area contributed by atoms with Gasteiger partial charge >= 0.3 is 6.03 Å². The van der Waals surface area contributed by atoms with E-state index in [1.807, 2.05) is 89.8 Å². The quantitative estimate of drug-likeness (QED) is 0.0384. The molecule has 0 aromatic heterocycles. The Morgan fingerprint density at radius 1 is 0.609 bits per heavy atom. The first-order valence-corrected chi connectivity index (χ1v) is 33.8. The number of hydroxylamine groups is 4. The number of benzene rings is 4. The van der Waals surface area contributed by atoms with E-state index in [-0.39, 0.29) is 43.1 Å². The van der Waals surface area contributed by atoms with Gasteiger partial charge in [0.25, 0.3) is 0 Å². The van der Waals surface area contributed by atoms with E-state index in [9.17, 15) is 39.6 Å². The molecule has 20 heteroatoms. The monoisotopic (exact) mass is 1270 g/mol. The highest BCUT2D eigenvalue weighted by Gasteiger charge is 2.59. The molecule has 6 aliphatic carbocycles. The first-order chi connectivity index (χ1) is 44.2. The fraction of sp³-hybridized carbons (Fsp3) is 0.611. The van der Waals surface area contributed by atoms with Crippen LogP contribution in [0.25, 0.3) is 0 Å². The van der Waals surface area contributed by atoms with Crippen molar-refractivity contribution in [3.8, 4) is 0 Å². The number of hydrogen-bond donors (Lipinski definition) is 8. The van der Waals surface area contributed by atoms with Crippen LogP contribution in [0.3, 0.4) is 0 Å². The van der Waals surface area contributed by atoms with Crippen LogP contribution in [0.1, 0.15) is 103 Å². The summed E-state index contributed by atoms with van der Waals surface area (Å²) in [6, 6.07) is 34.8. The molecule has 14 rings (SSSR count). The van der Waals surface area contributed by atoms with Crippen molar-refractivity contribution in [2.75, 3.05) is 75.4 Å². The van der Waals surface area contributed by atoms with Crippen LogP contribution in [-0.4, -0.2) is 174 Å². The minimum Gasteiger partial charge on any atom is -0.394 e. The van der Waals surface area contributed by atoms with E-state index in [0.29, 0.717) is 98.7 Å². The summed E-state index contributed by atoms with van der Waals surface area (Å²) in [5.74, 6) is 1.97. The summed E-state index contributed by atoms with van der Waals surface area (Å²) in [5.41, 5.74) is 7.00. The molecule has 0 unspecified atom stereocenters. The lowest BCUT2D eigenvalue weighted by molar-refractivity contribution is -0.183. The largest absolute Gasteiger partial charge is 0.394 e. The minimum atomic E-state index is -0.832. The third-order valence-corrected chi connectivity index (χ3v) is 22.5. The summed E-state index contributed by atoms with van der Waals surface area (Å²) in [7, 11) is 0. The Balaban J connectivity index is 0.000000179. The van der Waals surface area contributed by atoms with Gasteiger partial charge in [0.05, 0.1) is 45.1 Å². The van der Waals surface area contributed by atoms with Crippen molar-refractivity contribution in [3.63, 3.8) is 0 Å². The number of aliphatic hydroxyl groups excluding tert-OH is 4. The van der Waals surface area contributed by atoms with Gasteiger partial charge in [-0.3, -0.25) is 19.3 Å². The summed E-state index contributed by atoms with van der Waals surface area (Å²) in [6.45, 7) is 25.0. The standard InChI is InChI=1S/C36H51N5O5.C28H44N4O4.C8H7NO/c1-23-29-18-27(36(29,3)4)19-30(23)38-34(44)33-32(24(2)43)31(22-42)46-41(33)21-26-11-8-12-28(17-26)39-13-15-40(16-14-39)35(45)37-20-25-9-6-5-7-10-25;1-17-22-13-20(28(22,3)4)14-23(17)30-27(35)26-25(18(2)34)24(16-33)36-32(26)15-19-6-5-7-21(12-19)31-10-8-29-9-11-31;10-7-9-6-8-4-2-1-3-5-8/h5-12,17,23-24,27,29-33,42-43H,13-16,18-22H2,1-4H3,(H,37,45)(H,38,44);5-7,12,17-18,20,22-26,29,33-34H,8-11,13-16H2,1-4H3,(H,30,35);1-5H,6H2/t23-,24-,27+,29-,30-,31-,32+,33-;17-,18-,20+,22-,23-,24-,25+,26-;/m00./s1. The van der Waals surface area contributed by atoms with Crippen molar-refractivity contribution in [1.29, 1.82) is 0 Å². The number of fused-ring (bicyclic) bond motifs is 4. The average Bonchev–Trinajstić information content (AvgIpc) is 0.932. The van der Waals surface area contributed by atoms with E-state index in [4.69, 9.17) is 9.68 Å². The van der Waals surface area contributed by atoms with Crippen LogP contribution >= 0.6 is 0 Å². The van der Waals surface area contributed by atoms with Gasteiger partial charge in [0.15, 0.2) is 0 Å². The van der Waals surface area contributed by atoms with Gasteiger partial charge in [0.2, 0.25) is 17.9 Å². The molecule has 10 fully saturated rings. The molecule has 10 aliphatic rings. The Morgan fingerprint density at radius 3 is 1.46 bits per heavy atom. The Kier molecular flexibility index (Phi) is 22.7. The third kappa shape index (κ3) is 15.4. The number of aliphatic hydroxyl groups is 4. The minimum absolute atomic E-state index is 0.0535. The molecule has 4 bridgehead atoms. The molecule has 92 heavy (non-hydrogen) atoms. The predicted octanol–water partition coefficient (Wildman–Crippen LogP) is 6.66. The summed E-state index contributed by atoms with van der Waals surface area (Å²) >= 11 is 0. The fourth-order valence-corrected chi connectivity index (χ4v) is 16.7. The lowest BCUT2D eigenvalue weighted by Crippen LogP contribution is -2.62. The molecule has 4 aromatic carbocycles. The van der Waals surface area contributed by atoms with Gasteiger partial charge in [-0.15, -0.1) is 0 Å². The van der Waals surface area contributed by atoms with Crippen LogP contribution in [0.2, 0.25) is 0 Å². The first-order valence-electron chi connectivity index (χ1n) is 33.8. The van der Waals surface area contributed by atoms with E-state index in [1.165, 1.54) is 18.9 Å². The highest BCUT2D eigenvalue weighted by Crippen LogP contribution is 2.62. The summed E-state index contributed by atoms with van der Waals surface area (Å²) < 4.78 is 0. The summed E-state index contributed by atoms with van der Waals surface area (Å²) in [6.07, 6.45) is 3.04. The second kappa shape index (κ2) is 30.4. The van der Waals surface area contributed by atoms with Gasteiger partial charge in [0, 0.05) is 94.2 Å². The number of aliphatic imine (C=N–C) groups is 1. The number of carbonyl (C=O) groups is 3. The zero-order valence-corrected chi connectivity index (χ0v) is 55.3. The SMILES string of the molecule is C[C@@H]1[C@@H](NC(=O)[C@@H]2[C@H]([C@H](C)O)[C@H](CO)ON2Cc2cccc(N3CCN(C(=O)NCc4ccccc4)CC3)c2)C[C@H]2C[C@@H]1C2(C)C.C[C@@H]1[C@@H](NC(=O)[C@@H]2[C@H]([C@H](C)O)[C@H](CO)ON2Cc2cccc(N3CCNCC3)c2)C[C@H]2C[C@@H]1C2(C)C.O=C=NCc1ccccc1. The molecule has 16 atom stereocenters. The van der Waals surface area contributed by atoms with Gasteiger partial charge in [-0.1, -0.05) is 126 Å². The predicted molar refractivity (Wildman–Crippen MR) is 354 cm³/mol. The van der Waals surface area contributed by atoms with Crippen molar-refractivity contribution in [2.45, 2.75) is 156 Å². The summed E-state index contributed by atoms with van der Waals surface area (Å²) in [5, 5.41) is 58.1. The maximum Gasteiger partial charge on any atom is 0.317 e. The number of nitrogens with one attached hydrogen (secondary N) is 4. The number of urea groups is 1. The molecule has 20 nitrogen and oxygen atoms in total. The Morgan fingerprint density at radius 2 is 1.04 bits per heavy atom. The molecular formula is C72H102N10O10. The number of nitrogens with zero attached hydrogens (tertiary/aromatic N) is 6. The molecule has 500 valence electrons. The van der Waals surface area contributed by atoms with Crippen LogP contribution in [0.5, 0.6) is 0 Å². The van der Waals surface area contributed by atoms with Crippen LogP contribution in [0.4, 0.5) is 16.2 Å². The van der Waals surface area contributed by atoms with E-state index < -0.39 is 48.3 Å². The van der Waals surface area contributed by atoms with Crippen molar-refractivity contribution >= 4 is 35.3 Å². The fourth-order valence-electron chi connectivity index (χ4n) is 16.7. The van der Waals surface area contributed by atoms with Crippen LogP contribution in [-0.2, 0) is 50.2 Å². The second-order valence-electron chi connectivity index (χ2n) is 28.6. The molecule has 0 spiro atoms. The normalized spacial score (nSPS) is 30.9. The average molecular weight is 1270 g/mol. The molecule has 4 aromatic rings. The smallest absolute Gasteiger partial charge is 0.317 e. The van der Waals surface area contributed by atoms with Gasteiger partial charge in [-0.25, -0.2) is 14.6 Å². The van der Waals surface area contributed by atoms with Gasteiger partial charge < -0.3 is 56.4 Å². The van der Waals surface area contributed by atoms with Crippen molar-refractivity contribution < 1.29 is 49.3 Å². The number of rotatable bonds is 18. The number of carbonyl (C=O) groups excluding carboxylic acids is 4. The second-order valence-corrected chi connectivity index (χ2v) is 28.6. The zero-order chi connectivity index (χ0) is 65.4. The highest BCUT2D eigenvalue weighted by molar-refractivity contribution is 5.83. The van der Waals surface area contributed by atoms with E-state index >= 15 is 0 Å². The van der Waals surface area contributed by atoms with Crippen LogP contribution in [0.15, 0.2) is 114 Å². The van der Waals surface area contributed by atoms with Crippen molar-refractivity contribution in [1.82, 2.24) is 36.3 Å². The number of isocyanates is 1. The molecule has 4 amide bonds. The molecule has 0 radical (unpaired) electrons. The Labute approximate surface area is 544 Å². The van der Waals surface area contributed by atoms with Gasteiger partial charge in [-0.2, -0.15) is 10.1 Å². The Bertz CT molecular complexity index is 3120. The van der Waals surface area contributed by atoms with E-state index in [0.717, 1.165) is 72.6 Å². The van der Waals surface area contributed by atoms with Crippen LogP contribution < -0.4 is 31.1 Å². The number of amides is 4. The molecule has 8 N–H and O–H groups in total. The van der Waals surface area contributed by atoms with Crippen molar-refractivity contribution in [3.05, 3.63) is 131 Å². The van der Waals surface area contributed by atoms with Crippen LogP contribution in [0, 0.1) is 58.2 Å². The topological polar surface area (TPSA) is 244 Å². The lowest BCUT2D eigenvalue weighted by atomic mass is 9.45. The first kappa shape index (κ1) is 68.6. The maximum atomic E-state index is 14.0. The molecule has 4 saturated heterocycles. The maximum absolute atomic E-state index is 14.0. The lowest BCUT2D eigenvalue weighted by Gasteiger charge is -2.62. The molecule has 4 heterocycles. The number of anilines is 2. The zero-order valence-electron chi connectivity index (χ0n) is 55.3. The summed E-state index contributed by atoms with van der Waals surface area (Å²) in [4.78, 5) is 72.5. The number of piperazine rings is 2. The van der Waals surface area contributed by atoms with E-state index in [1.54, 1.807) is 24.0 Å². The molecule has 6 saturated carbocycles. The van der Waals surface area contributed by atoms with Gasteiger partial charge in [0.1, 0.15) is 24.3 Å². The number of hydrogen-bond acceptors (Lipinski definition) is 16.